The molecule has 1 N–H and O–H groups in total. The molecule has 0 aromatic rings. The van der Waals surface area contributed by atoms with Crippen LogP contribution in [-0.2, 0) is 14.3 Å². The Morgan fingerprint density at radius 1 is 1.44 bits per heavy atom. The first kappa shape index (κ1) is 13.8. The van der Waals surface area contributed by atoms with Crippen molar-refractivity contribution in [3.63, 3.8) is 0 Å². The molecular weight excluding hydrogens is 232 g/mol. The van der Waals surface area contributed by atoms with Crippen molar-refractivity contribution in [2.75, 3.05) is 39.5 Å². The van der Waals surface area contributed by atoms with E-state index in [1.165, 1.54) is 12.8 Å². The molecule has 2 aliphatic rings. The molecule has 18 heavy (non-hydrogen) atoms. The van der Waals surface area contributed by atoms with E-state index >= 15 is 0 Å². The Hall–Kier alpha value is -0.650. The zero-order valence-corrected chi connectivity index (χ0v) is 11.2. The van der Waals surface area contributed by atoms with Crippen molar-refractivity contribution in [1.82, 2.24) is 10.2 Å². The van der Waals surface area contributed by atoms with Gasteiger partial charge in [-0.2, -0.15) is 0 Å². The second-order valence-corrected chi connectivity index (χ2v) is 5.06. The summed E-state index contributed by atoms with van der Waals surface area (Å²) < 4.78 is 10.9. The van der Waals surface area contributed by atoms with Gasteiger partial charge in [-0.1, -0.05) is 6.42 Å². The lowest BCUT2D eigenvalue weighted by Crippen LogP contribution is -2.47. The molecule has 5 nitrogen and oxygen atoms in total. The second-order valence-electron chi connectivity index (χ2n) is 5.06. The van der Waals surface area contributed by atoms with Gasteiger partial charge in [0.1, 0.15) is 6.10 Å². The molecule has 0 bridgehead atoms. The predicted molar refractivity (Wildman–Crippen MR) is 68.5 cm³/mol. The first-order valence-corrected chi connectivity index (χ1v) is 6.99. The van der Waals surface area contributed by atoms with Crippen LogP contribution in [-0.4, -0.2) is 62.4 Å². The summed E-state index contributed by atoms with van der Waals surface area (Å²) >= 11 is 0. The number of nitrogens with one attached hydrogen (secondary N) is 1. The summed E-state index contributed by atoms with van der Waals surface area (Å²) in [5.41, 5.74) is 0. The van der Waals surface area contributed by atoms with Crippen LogP contribution in [0.15, 0.2) is 0 Å². The highest BCUT2D eigenvalue weighted by atomic mass is 16.5. The van der Waals surface area contributed by atoms with Crippen LogP contribution < -0.4 is 5.32 Å². The monoisotopic (exact) mass is 256 g/mol. The predicted octanol–water partition coefficient (Wildman–Crippen LogP) is 0.392. The second kappa shape index (κ2) is 7.07. The van der Waals surface area contributed by atoms with E-state index in [1.54, 1.807) is 0 Å². The number of amides is 1. The van der Waals surface area contributed by atoms with Gasteiger partial charge in [0.15, 0.2) is 0 Å². The molecule has 2 rings (SSSR count). The standard InChI is InChI=1S/C13H24N2O3/c1-11(13(16)15-6-8-17-9-7-15)18-10-12-4-2-3-5-14-12/h11-12,14H,2-10H2,1H3. The fourth-order valence-corrected chi connectivity index (χ4v) is 2.44. The lowest BCUT2D eigenvalue weighted by Gasteiger charge is -2.30. The number of carbonyl (C=O) groups excluding carboxylic acids is 1. The SMILES string of the molecule is CC(OCC1CCCCN1)C(=O)N1CCOCC1. The van der Waals surface area contributed by atoms with Crippen molar-refractivity contribution in [3.8, 4) is 0 Å². The van der Waals surface area contributed by atoms with E-state index in [0.717, 1.165) is 13.0 Å². The van der Waals surface area contributed by atoms with Gasteiger partial charge >= 0.3 is 0 Å². The van der Waals surface area contributed by atoms with Gasteiger partial charge in [0.2, 0.25) is 0 Å². The van der Waals surface area contributed by atoms with E-state index in [1.807, 2.05) is 11.8 Å². The van der Waals surface area contributed by atoms with Gasteiger partial charge in [-0.25, -0.2) is 0 Å². The molecule has 0 aliphatic carbocycles. The van der Waals surface area contributed by atoms with E-state index in [4.69, 9.17) is 9.47 Å². The number of rotatable bonds is 4. The smallest absolute Gasteiger partial charge is 0.251 e. The van der Waals surface area contributed by atoms with Gasteiger partial charge < -0.3 is 19.7 Å². The van der Waals surface area contributed by atoms with E-state index < -0.39 is 0 Å². The maximum atomic E-state index is 12.1. The summed E-state index contributed by atoms with van der Waals surface area (Å²) in [5.74, 6) is 0.0918. The number of ether oxygens (including phenoxy) is 2. The summed E-state index contributed by atoms with van der Waals surface area (Å²) in [5, 5.41) is 3.42. The number of nitrogens with zero attached hydrogens (tertiary/aromatic N) is 1. The molecule has 0 aromatic heterocycles. The van der Waals surface area contributed by atoms with Gasteiger partial charge in [0.05, 0.1) is 19.8 Å². The summed E-state index contributed by atoms with van der Waals surface area (Å²) in [6, 6.07) is 0.415. The molecule has 2 fully saturated rings. The van der Waals surface area contributed by atoms with Gasteiger partial charge in [0.25, 0.3) is 5.91 Å². The Labute approximate surface area is 109 Å². The summed E-state index contributed by atoms with van der Waals surface area (Å²) in [6.45, 7) is 6.21. The molecular formula is C13H24N2O3. The molecule has 0 spiro atoms. The third-order valence-corrected chi connectivity index (χ3v) is 3.63. The van der Waals surface area contributed by atoms with Crippen molar-refractivity contribution >= 4 is 5.91 Å². The molecule has 2 heterocycles. The van der Waals surface area contributed by atoms with Crippen molar-refractivity contribution < 1.29 is 14.3 Å². The third-order valence-electron chi connectivity index (χ3n) is 3.63. The molecule has 0 radical (unpaired) electrons. The molecule has 0 aromatic carbocycles. The van der Waals surface area contributed by atoms with Crippen LogP contribution in [0.1, 0.15) is 26.2 Å². The number of morpholine rings is 1. The van der Waals surface area contributed by atoms with Crippen LogP contribution in [0.3, 0.4) is 0 Å². The van der Waals surface area contributed by atoms with Crippen LogP contribution >= 0.6 is 0 Å². The molecule has 2 unspecified atom stereocenters. The van der Waals surface area contributed by atoms with Crippen LogP contribution in [0.4, 0.5) is 0 Å². The molecule has 2 atom stereocenters. The Morgan fingerprint density at radius 3 is 2.89 bits per heavy atom. The fourth-order valence-electron chi connectivity index (χ4n) is 2.44. The van der Waals surface area contributed by atoms with Gasteiger partial charge in [-0.15, -0.1) is 0 Å². The Bertz CT molecular complexity index is 261. The lowest BCUT2D eigenvalue weighted by molar-refractivity contribution is -0.147. The topological polar surface area (TPSA) is 50.8 Å². The Morgan fingerprint density at radius 2 is 2.22 bits per heavy atom. The molecule has 2 saturated heterocycles. The molecule has 104 valence electrons. The van der Waals surface area contributed by atoms with Crippen molar-refractivity contribution in [1.29, 1.82) is 0 Å². The van der Waals surface area contributed by atoms with Crippen molar-refractivity contribution in [2.24, 2.45) is 0 Å². The quantitative estimate of drug-likeness (QED) is 0.790. The van der Waals surface area contributed by atoms with Gasteiger partial charge in [0, 0.05) is 19.1 Å². The van der Waals surface area contributed by atoms with Crippen LogP contribution in [0, 0.1) is 0 Å². The summed E-state index contributed by atoms with van der Waals surface area (Å²) in [6.07, 6.45) is 3.32. The van der Waals surface area contributed by atoms with E-state index in [2.05, 4.69) is 5.32 Å². The maximum absolute atomic E-state index is 12.1. The average molecular weight is 256 g/mol. The van der Waals surface area contributed by atoms with Crippen molar-refractivity contribution in [3.05, 3.63) is 0 Å². The number of carbonyl (C=O) groups is 1. The highest BCUT2D eigenvalue weighted by Gasteiger charge is 2.24. The molecule has 5 heteroatoms. The molecule has 0 saturated carbocycles. The average Bonchev–Trinajstić information content (AvgIpc) is 2.46. The normalized spacial score (nSPS) is 26.9. The zero-order chi connectivity index (χ0) is 12.8. The number of hydrogen-bond donors (Lipinski definition) is 1. The minimum absolute atomic E-state index is 0.0918. The first-order chi connectivity index (χ1) is 8.77. The zero-order valence-electron chi connectivity index (χ0n) is 11.2. The molecule has 1 amide bonds. The number of hydrogen-bond acceptors (Lipinski definition) is 4. The minimum Gasteiger partial charge on any atom is -0.378 e. The van der Waals surface area contributed by atoms with Gasteiger partial charge in [-0.05, 0) is 26.3 Å². The third kappa shape index (κ3) is 3.93. The summed E-state index contributed by atoms with van der Waals surface area (Å²) in [4.78, 5) is 13.9. The highest BCUT2D eigenvalue weighted by molar-refractivity contribution is 5.80. The Kier molecular flexibility index (Phi) is 5.41. The Balaban J connectivity index is 1.69. The first-order valence-electron chi connectivity index (χ1n) is 6.99. The fraction of sp³-hybridized carbons (Fsp3) is 0.923. The highest BCUT2D eigenvalue weighted by Crippen LogP contribution is 2.09. The minimum atomic E-state index is -0.341. The summed E-state index contributed by atoms with van der Waals surface area (Å²) in [7, 11) is 0. The van der Waals surface area contributed by atoms with Gasteiger partial charge in [-0.3, -0.25) is 4.79 Å². The largest absolute Gasteiger partial charge is 0.378 e. The molecule has 2 aliphatic heterocycles. The lowest BCUT2D eigenvalue weighted by atomic mass is 10.1. The van der Waals surface area contributed by atoms with E-state index in [-0.39, 0.29) is 12.0 Å². The van der Waals surface area contributed by atoms with Crippen LogP contribution in [0.5, 0.6) is 0 Å². The maximum Gasteiger partial charge on any atom is 0.251 e. The number of piperidine rings is 1. The van der Waals surface area contributed by atoms with Crippen LogP contribution in [0.2, 0.25) is 0 Å². The van der Waals surface area contributed by atoms with E-state index in [9.17, 15) is 4.79 Å². The van der Waals surface area contributed by atoms with Crippen molar-refractivity contribution in [2.45, 2.75) is 38.3 Å². The van der Waals surface area contributed by atoms with E-state index in [0.29, 0.717) is 39.0 Å². The van der Waals surface area contributed by atoms with Crippen LogP contribution in [0.25, 0.3) is 0 Å².